The van der Waals surface area contributed by atoms with Crippen LogP contribution in [-0.4, -0.2) is 31.5 Å². The smallest absolute Gasteiger partial charge is 0.336 e. The number of ketones is 1. The van der Waals surface area contributed by atoms with Gasteiger partial charge in [0.25, 0.3) is 0 Å². The number of nitrogens with one attached hydrogen (secondary N) is 1. The summed E-state index contributed by atoms with van der Waals surface area (Å²) in [4.78, 5) is 25.4. The maximum atomic E-state index is 12.7. The van der Waals surface area contributed by atoms with E-state index in [1.807, 2.05) is 0 Å². The molecule has 2 atom stereocenters. The molecule has 130 valence electrons. The van der Waals surface area contributed by atoms with Crippen LogP contribution in [0.25, 0.3) is 0 Å². The van der Waals surface area contributed by atoms with Gasteiger partial charge in [-0.2, -0.15) is 0 Å². The third kappa shape index (κ3) is 2.87. The average Bonchev–Trinajstić information content (AvgIpc) is 3.36. The third-order valence-corrected chi connectivity index (χ3v) is 4.90. The molecule has 1 aliphatic heterocycles. The Bertz CT molecular complexity index is 654. The number of hydrogen-bond acceptors (Lipinski definition) is 5. The molecule has 0 saturated heterocycles. The molecule has 0 spiro atoms. The Labute approximate surface area is 142 Å². The van der Waals surface area contributed by atoms with Crippen LogP contribution < -0.4 is 5.32 Å². The van der Waals surface area contributed by atoms with Crippen molar-refractivity contribution in [3.05, 3.63) is 34.8 Å². The zero-order chi connectivity index (χ0) is 17.4. The summed E-state index contributed by atoms with van der Waals surface area (Å²) in [7, 11) is 1.54. The number of allylic oxidation sites excluding steroid dienone is 3. The van der Waals surface area contributed by atoms with Crippen LogP contribution in [0.5, 0.6) is 0 Å². The molecule has 0 aromatic carbocycles. The van der Waals surface area contributed by atoms with E-state index < -0.39 is 6.04 Å². The first-order valence-electron chi connectivity index (χ1n) is 8.65. The lowest BCUT2D eigenvalue weighted by Gasteiger charge is -2.36. The van der Waals surface area contributed by atoms with Gasteiger partial charge in [-0.25, -0.2) is 4.79 Å². The first-order valence-corrected chi connectivity index (χ1v) is 8.65. The molecule has 0 aromatic rings. The van der Waals surface area contributed by atoms with Crippen LogP contribution in [0.4, 0.5) is 0 Å². The molecule has 2 unspecified atom stereocenters. The number of ether oxygens (including phenoxy) is 2. The SMILES string of the molecule is C=C(OC)C1NC2=C(C(=O)CC(C)C2)C(C2CC2)=C1C(=O)OCC. The van der Waals surface area contributed by atoms with Gasteiger partial charge in [-0.05, 0) is 43.6 Å². The van der Waals surface area contributed by atoms with Crippen molar-refractivity contribution in [1.82, 2.24) is 5.32 Å². The van der Waals surface area contributed by atoms with Gasteiger partial charge in [0.2, 0.25) is 0 Å². The Kier molecular flexibility index (Phi) is 4.52. The molecular formula is C19H25NO4. The third-order valence-electron chi connectivity index (χ3n) is 4.90. The number of hydrogen-bond donors (Lipinski definition) is 1. The van der Waals surface area contributed by atoms with E-state index in [2.05, 4.69) is 18.8 Å². The number of Topliss-reactive ketones (excluding diaryl/α,β-unsaturated/α-hetero) is 1. The topological polar surface area (TPSA) is 64.6 Å². The highest BCUT2D eigenvalue weighted by molar-refractivity contribution is 6.05. The van der Waals surface area contributed by atoms with E-state index in [1.165, 1.54) is 0 Å². The van der Waals surface area contributed by atoms with Crippen molar-refractivity contribution >= 4 is 11.8 Å². The predicted octanol–water partition coefficient (Wildman–Crippen LogP) is 2.64. The first kappa shape index (κ1) is 16.8. The number of carbonyl (C=O) groups excluding carboxylic acids is 2. The van der Waals surface area contributed by atoms with E-state index >= 15 is 0 Å². The van der Waals surface area contributed by atoms with Crippen LogP contribution in [0.3, 0.4) is 0 Å². The van der Waals surface area contributed by atoms with Crippen LogP contribution in [0, 0.1) is 11.8 Å². The van der Waals surface area contributed by atoms with Crippen molar-refractivity contribution in [2.75, 3.05) is 13.7 Å². The summed E-state index contributed by atoms with van der Waals surface area (Å²) < 4.78 is 10.6. The normalized spacial score (nSPS) is 26.7. The average molecular weight is 331 g/mol. The summed E-state index contributed by atoms with van der Waals surface area (Å²) in [5.74, 6) is 0.772. The zero-order valence-corrected chi connectivity index (χ0v) is 14.6. The molecule has 1 N–H and O–H groups in total. The van der Waals surface area contributed by atoms with Crippen LogP contribution in [0.1, 0.15) is 39.5 Å². The molecule has 5 heteroatoms. The fraction of sp³-hybridized carbons (Fsp3) is 0.579. The van der Waals surface area contributed by atoms with E-state index in [9.17, 15) is 9.59 Å². The molecule has 2 aliphatic carbocycles. The second-order valence-electron chi connectivity index (χ2n) is 6.86. The molecule has 0 amide bonds. The van der Waals surface area contributed by atoms with Crippen molar-refractivity contribution in [3.8, 4) is 0 Å². The molecule has 0 aromatic heterocycles. The first-order chi connectivity index (χ1) is 11.5. The molecule has 0 bridgehead atoms. The number of dihydropyridines is 1. The van der Waals surface area contributed by atoms with Crippen LogP contribution >= 0.6 is 0 Å². The molecule has 24 heavy (non-hydrogen) atoms. The summed E-state index contributed by atoms with van der Waals surface area (Å²) >= 11 is 0. The highest BCUT2D eigenvalue weighted by atomic mass is 16.5. The quantitative estimate of drug-likeness (QED) is 0.620. The minimum atomic E-state index is -0.457. The largest absolute Gasteiger partial charge is 0.499 e. The number of methoxy groups -OCH3 is 1. The highest BCUT2D eigenvalue weighted by Crippen LogP contribution is 2.48. The fourth-order valence-corrected chi connectivity index (χ4v) is 3.68. The standard InChI is InChI=1S/C19H25NO4/c1-5-24-19(22)17-15(12-6-7-12)16-13(8-10(2)9-14(16)21)20-18(17)11(3)23-4/h10,12,18,20H,3,5-9H2,1-2,4H3. The summed E-state index contributed by atoms with van der Waals surface area (Å²) in [5, 5.41) is 3.34. The van der Waals surface area contributed by atoms with E-state index in [-0.39, 0.29) is 17.7 Å². The molecule has 3 aliphatic rings. The van der Waals surface area contributed by atoms with Gasteiger partial charge in [-0.15, -0.1) is 0 Å². The van der Waals surface area contributed by atoms with Crippen molar-refractivity contribution in [2.45, 2.75) is 45.6 Å². The molecule has 5 nitrogen and oxygen atoms in total. The van der Waals surface area contributed by atoms with Gasteiger partial charge in [0.1, 0.15) is 11.8 Å². The molecule has 1 fully saturated rings. The summed E-state index contributed by atoms with van der Waals surface area (Å²) in [6, 6.07) is -0.457. The van der Waals surface area contributed by atoms with E-state index in [1.54, 1.807) is 14.0 Å². The summed E-state index contributed by atoms with van der Waals surface area (Å²) in [6.07, 6.45) is 3.34. The van der Waals surface area contributed by atoms with Crippen LogP contribution in [0.15, 0.2) is 34.8 Å². The van der Waals surface area contributed by atoms with Crippen molar-refractivity contribution in [3.63, 3.8) is 0 Å². The van der Waals surface area contributed by atoms with Crippen LogP contribution in [0.2, 0.25) is 0 Å². The Balaban J connectivity index is 2.15. The minimum absolute atomic E-state index is 0.126. The minimum Gasteiger partial charge on any atom is -0.499 e. The lowest BCUT2D eigenvalue weighted by Crippen LogP contribution is -2.44. The van der Waals surface area contributed by atoms with Gasteiger partial charge in [0.15, 0.2) is 5.78 Å². The Morgan fingerprint density at radius 3 is 2.62 bits per heavy atom. The molecule has 1 saturated carbocycles. The molecular weight excluding hydrogens is 306 g/mol. The molecule has 3 rings (SSSR count). The molecule has 0 radical (unpaired) electrons. The van der Waals surface area contributed by atoms with Gasteiger partial charge in [-0.1, -0.05) is 13.5 Å². The lowest BCUT2D eigenvalue weighted by atomic mass is 9.77. The van der Waals surface area contributed by atoms with Gasteiger partial charge in [0.05, 0.1) is 19.3 Å². The summed E-state index contributed by atoms with van der Waals surface area (Å²) in [5.41, 5.74) is 3.03. The Hall–Kier alpha value is -2.04. The second-order valence-corrected chi connectivity index (χ2v) is 6.86. The summed E-state index contributed by atoms with van der Waals surface area (Å²) in [6.45, 7) is 8.10. The Morgan fingerprint density at radius 2 is 2.04 bits per heavy atom. The number of rotatable bonds is 5. The predicted molar refractivity (Wildman–Crippen MR) is 89.9 cm³/mol. The van der Waals surface area contributed by atoms with Crippen molar-refractivity contribution < 1.29 is 19.1 Å². The number of esters is 1. The Morgan fingerprint density at radius 1 is 1.33 bits per heavy atom. The maximum Gasteiger partial charge on any atom is 0.336 e. The van der Waals surface area contributed by atoms with Crippen molar-refractivity contribution in [2.24, 2.45) is 11.8 Å². The highest BCUT2D eigenvalue weighted by Gasteiger charge is 2.44. The van der Waals surface area contributed by atoms with Gasteiger partial charge in [0, 0.05) is 17.7 Å². The second kappa shape index (κ2) is 6.46. The zero-order valence-electron chi connectivity index (χ0n) is 14.6. The number of carbonyl (C=O) groups is 2. The molecule has 1 heterocycles. The van der Waals surface area contributed by atoms with Gasteiger partial charge < -0.3 is 14.8 Å². The van der Waals surface area contributed by atoms with E-state index in [4.69, 9.17) is 9.47 Å². The van der Waals surface area contributed by atoms with Gasteiger partial charge >= 0.3 is 5.97 Å². The van der Waals surface area contributed by atoms with E-state index in [0.717, 1.165) is 36.1 Å². The fourth-order valence-electron chi connectivity index (χ4n) is 3.68. The van der Waals surface area contributed by atoms with Crippen LogP contribution in [-0.2, 0) is 19.1 Å². The lowest BCUT2D eigenvalue weighted by molar-refractivity contribution is -0.139. The van der Waals surface area contributed by atoms with Gasteiger partial charge in [-0.3, -0.25) is 4.79 Å². The van der Waals surface area contributed by atoms with Crippen molar-refractivity contribution in [1.29, 1.82) is 0 Å². The monoisotopic (exact) mass is 331 g/mol. The maximum absolute atomic E-state index is 12.7. The van der Waals surface area contributed by atoms with E-state index in [0.29, 0.717) is 30.3 Å².